The number of nitrogens with zero attached hydrogens (tertiary/aromatic N) is 5. The van der Waals surface area contributed by atoms with Crippen LogP contribution in [0, 0.1) is 6.92 Å². The maximum absolute atomic E-state index is 13.1. The first-order valence-corrected chi connectivity index (χ1v) is 12.3. The molecule has 10 nitrogen and oxygen atoms in total. The van der Waals surface area contributed by atoms with E-state index in [0.717, 1.165) is 27.8 Å². The number of rotatable bonds is 11. The monoisotopic (exact) mass is 504 g/mol. The molecule has 10 heteroatoms. The van der Waals surface area contributed by atoms with Gasteiger partial charge in [-0.2, -0.15) is 0 Å². The van der Waals surface area contributed by atoms with Gasteiger partial charge in [0.05, 0.1) is 19.8 Å². The summed E-state index contributed by atoms with van der Waals surface area (Å²) in [6.45, 7) is 6.79. The molecular weight excluding hydrogens is 472 g/mol. The third-order valence-corrected chi connectivity index (χ3v) is 6.29. The van der Waals surface area contributed by atoms with Crippen LogP contribution < -0.4 is 10.3 Å². The van der Waals surface area contributed by atoms with E-state index in [0.29, 0.717) is 30.9 Å². The van der Waals surface area contributed by atoms with Gasteiger partial charge in [0.1, 0.15) is 12.3 Å². The zero-order chi connectivity index (χ0) is 26.4. The van der Waals surface area contributed by atoms with E-state index in [-0.39, 0.29) is 24.8 Å². The Hall–Kier alpha value is -4.05. The summed E-state index contributed by atoms with van der Waals surface area (Å²) in [4.78, 5) is 30.4. The molecule has 0 spiro atoms. The molecule has 2 heterocycles. The van der Waals surface area contributed by atoms with Gasteiger partial charge in [-0.15, -0.1) is 5.10 Å². The van der Waals surface area contributed by atoms with Gasteiger partial charge in [-0.1, -0.05) is 36.8 Å². The van der Waals surface area contributed by atoms with Crippen molar-refractivity contribution in [1.82, 2.24) is 30.1 Å². The smallest absolute Gasteiger partial charge is 0.327 e. The van der Waals surface area contributed by atoms with Crippen LogP contribution in [0.2, 0.25) is 0 Å². The van der Waals surface area contributed by atoms with Gasteiger partial charge in [0.15, 0.2) is 5.82 Å². The highest BCUT2D eigenvalue weighted by Gasteiger charge is 2.27. The number of pyridine rings is 1. The molecule has 4 aromatic rings. The summed E-state index contributed by atoms with van der Waals surface area (Å²) in [7, 11) is 1.64. The summed E-state index contributed by atoms with van der Waals surface area (Å²) in [5.74, 6) is 0.860. The lowest BCUT2D eigenvalue weighted by atomic mass is 10.1. The van der Waals surface area contributed by atoms with Gasteiger partial charge >= 0.3 is 5.97 Å². The average Bonchev–Trinajstić information content (AvgIpc) is 3.33. The number of esters is 1. The van der Waals surface area contributed by atoms with Crippen LogP contribution >= 0.6 is 0 Å². The highest BCUT2D eigenvalue weighted by Crippen LogP contribution is 2.29. The van der Waals surface area contributed by atoms with Crippen LogP contribution in [0.15, 0.2) is 53.3 Å². The zero-order valence-corrected chi connectivity index (χ0v) is 21.6. The molecular formula is C27H32N6O4. The standard InChI is InChI=1S/C27H32N6O4/c1-5-23(26-29-30-31-33(26)17-25(34)37-6-2)32(15-19-9-7-8-10-24(19)36-4)16-21-14-20-13-18(3)11-12-22(20)28-27(21)35/h7-14,23H,5-6,15-17H2,1-4H3,(H,28,35)/t23-/m0/s1. The number of carbonyl (C=O) groups is 1. The topological polar surface area (TPSA) is 115 Å². The van der Waals surface area contributed by atoms with Crippen molar-refractivity contribution in [2.24, 2.45) is 0 Å². The van der Waals surface area contributed by atoms with Gasteiger partial charge in [-0.05, 0) is 60.3 Å². The molecule has 1 atom stereocenters. The maximum atomic E-state index is 13.1. The van der Waals surface area contributed by atoms with E-state index >= 15 is 0 Å². The number of methoxy groups -OCH3 is 1. The average molecular weight is 505 g/mol. The molecule has 0 aliphatic heterocycles. The van der Waals surface area contributed by atoms with Gasteiger partial charge in [0, 0.05) is 29.7 Å². The fourth-order valence-corrected chi connectivity index (χ4v) is 4.53. The summed E-state index contributed by atoms with van der Waals surface area (Å²) in [5.41, 5.74) is 3.33. The predicted octanol–water partition coefficient (Wildman–Crippen LogP) is 3.55. The Balaban J connectivity index is 1.75. The quantitative estimate of drug-likeness (QED) is 0.308. The van der Waals surface area contributed by atoms with E-state index in [9.17, 15) is 9.59 Å². The number of para-hydroxylation sites is 1. The first-order valence-electron chi connectivity index (χ1n) is 12.3. The van der Waals surface area contributed by atoms with Gasteiger partial charge in [0.2, 0.25) is 0 Å². The predicted molar refractivity (Wildman–Crippen MR) is 139 cm³/mol. The number of aromatic nitrogens is 5. The molecule has 0 unspecified atom stereocenters. The van der Waals surface area contributed by atoms with Crippen molar-refractivity contribution in [3.8, 4) is 5.75 Å². The Morgan fingerprint density at radius 2 is 1.89 bits per heavy atom. The molecule has 0 bridgehead atoms. The van der Waals surface area contributed by atoms with Crippen molar-refractivity contribution in [3.05, 3.63) is 81.4 Å². The third kappa shape index (κ3) is 6.03. The van der Waals surface area contributed by atoms with Crippen molar-refractivity contribution in [2.45, 2.75) is 52.9 Å². The minimum Gasteiger partial charge on any atom is -0.496 e. The third-order valence-electron chi connectivity index (χ3n) is 6.29. The molecule has 37 heavy (non-hydrogen) atoms. The molecule has 4 rings (SSSR count). The summed E-state index contributed by atoms with van der Waals surface area (Å²) in [6, 6.07) is 15.4. The number of fused-ring (bicyclic) bond motifs is 1. The van der Waals surface area contributed by atoms with E-state index in [4.69, 9.17) is 9.47 Å². The molecule has 0 fully saturated rings. The molecule has 0 aliphatic rings. The highest BCUT2D eigenvalue weighted by atomic mass is 16.5. The number of nitrogens with one attached hydrogen (secondary N) is 1. The second-order valence-corrected chi connectivity index (χ2v) is 8.86. The lowest BCUT2D eigenvalue weighted by Gasteiger charge is -2.30. The van der Waals surface area contributed by atoms with E-state index in [1.165, 1.54) is 4.68 Å². The summed E-state index contributed by atoms with van der Waals surface area (Å²) in [6.07, 6.45) is 0.642. The second kappa shape index (κ2) is 11.8. The Kier molecular flexibility index (Phi) is 8.29. The van der Waals surface area contributed by atoms with Gasteiger partial charge in [-0.25, -0.2) is 4.68 Å². The molecule has 0 radical (unpaired) electrons. The number of aromatic amines is 1. The van der Waals surface area contributed by atoms with Crippen LogP contribution in [-0.4, -0.2) is 49.8 Å². The number of carbonyl (C=O) groups excluding carboxylic acids is 1. The van der Waals surface area contributed by atoms with E-state index in [2.05, 4.69) is 31.5 Å². The number of hydrogen-bond donors (Lipinski definition) is 1. The van der Waals surface area contributed by atoms with E-state index < -0.39 is 5.97 Å². The summed E-state index contributed by atoms with van der Waals surface area (Å²) in [5, 5.41) is 13.1. The van der Waals surface area contributed by atoms with Crippen LogP contribution in [0.1, 0.15) is 48.8 Å². The van der Waals surface area contributed by atoms with E-state index in [1.807, 2.05) is 56.3 Å². The fraction of sp³-hybridized carbons (Fsp3) is 0.370. The van der Waals surface area contributed by atoms with Crippen molar-refractivity contribution in [1.29, 1.82) is 0 Å². The fourth-order valence-electron chi connectivity index (χ4n) is 4.53. The molecule has 0 saturated heterocycles. The zero-order valence-electron chi connectivity index (χ0n) is 21.6. The second-order valence-electron chi connectivity index (χ2n) is 8.86. The van der Waals surface area contributed by atoms with Gasteiger partial charge < -0.3 is 14.5 Å². The Morgan fingerprint density at radius 3 is 2.65 bits per heavy atom. The number of aryl methyl sites for hydroxylation is 1. The van der Waals surface area contributed by atoms with Crippen molar-refractivity contribution < 1.29 is 14.3 Å². The molecule has 2 aromatic carbocycles. The Morgan fingerprint density at radius 1 is 1.11 bits per heavy atom. The van der Waals surface area contributed by atoms with Crippen LogP contribution in [-0.2, 0) is 29.2 Å². The Labute approximate surface area is 215 Å². The minimum atomic E-state index is -0.413. The molecule has 0 amide bonds. The summed E-state index contributed by atoms with van der Waals surface area (Å²) < 4.78 is 12.2. The van der Waals surface area contributed by atoms with Gasteiger partial charge in [0.25, 0.3) is 5.56 Å². The first kappa shape index (κ1) is 26.0. The molecule has 2 aromatic heterocycles. The number of tetrazole rings is 1. The van der Waals surface area contributed by atoms with Crippen LogP contribution in [0.4, 0.5) is 0 Å². The van der Waals surface area contributed by atoms with Crippen LogP contribution in [0.3, 0.4) is 0 Å². The van der Waals surface area contributed by atoms with Crippen LogP contribution in [0.5, 0.6) is 5.75 Å². The lowest BCUT2D eigenvalue weighted by molar-refractivity contribution is -0.144. The molecule has 194 valence electrons. The molecule has 1 N–H and O–H groups in total. The van der Waals surface area contributed by atoms with Crippen LogP contribution in [0.25, 0.3) is 10.9 Å². The summed E-state index contributed by atoms with van der Waals surface area (Å²) >= 11 is 0. The lowest BCUT2D eigenvalue weighted by Crippen LogP contribution is -2.33. The minimum absolute atomic E-state index is 0.0923. The number of H-pyrrole nitrogens is 1. The highest BCUT2D eigenvalue weighted by molar-refractivity contribution is 5.79. The van der Waals surface area contributed by atoms with Crippen molar-refractivity contribution in [2.75, 3.05) is 13.7 Å². The van der Waals surface area contributed by atoms with Crippen molar-refractivity contribution >= 4 is 16.9 Å². The molecule has 0 aliphatic carbocycles. The van der Waals surface area contributed by atoms with E-state index in [1.54, 1.807) is 14.0 Å². The largest absolute Gasteiger partial charge is 0.496 e. The number of benzene rings is 2. The number of ether oxygens (including phenoxy) is 2. The molecule has 0 saturated carbocycles. The van der Waals surface area contributed by atoms with Crippen molar-refractivity contribution in [3.63, 3.8) is 0 Å². The maximum Gasteiger partial charge on any atom is 0.327 e. The normalized spacial score (nSPS) is 12.1. The first-order chi connectivity index (χ1) is 17.9. The number of hydrogen-bond acceptors (Lipinski definition) is 8. The SMILES string of the molecule is CCOC(=O)Cn1nnnc1[C@H](CC)N(Cc1ccccc1OC)Cc1cc2cc(C)ccc2[nH]c1=O. The van der Waals surface area contributed by atoms with Gasteiger partial charge in [-0.3, -0.25) is 14.5 Å². The Bertz CT molecular complexity index is 1430.